The van der Waals surface area contributed by atoms with Gasteiger partial charge in [0, 0.05) is 32.4 Å². The number of carbonyl (C=O) groups is 2. The molecule has 120 valence electrons. The molecule has 0 unspecified atom stereocenters. The highest BCUT2D eigenvalue weighted by Gasteiger charge is 2.23. The number of aromatic nitrogens is 1. The molecule has 1 aliphatic rings. The van der Waals surface area contributed by atoms with Crippen molar-refractivity contribution < 1.29 is 14.3 Å². The third kappa shape index (κ3) is 4.85. The minimum absolute atomic E-state index is 0.139. The monoisotopic (exact) mass is 326 g/mol. The molecule has 0 radical (unpaired) electrons. The maximum absolute atomic E-state index is 12.0. The molecular weight excluding hydrogens is 308 g/mol. The number of nitrogens with zero attached hydrogens (tertiary/aromatic N) is 3. The number of amides is 2. The molecule has 0 spiro atoms. The molecule has 1 fully saturated rings. The Balaban J connectivity index is 1.74. The third-order valence-electron chi connectivity index (χ3n) is 3.26. The van der Waals surface area contributed by atoms with E-state index in [9.17, 15) is 9.59 Å². The van der Waals surface area contributed by atoms with E-state index < -0.39 is 0 Å². The quantitative estimate of drug-likeness (QED) is 0.906. The van der Waals surface area contributed by atoms with Gasteiger partial charge in [-0.3, -0.25) is 9.69 Å². The predicted octanol–water partition coefficient (Wildman–Crippen LogP) is 1.45. The maximum Gasteiger partial charge on any atom is 0.409 e. The van der Waals surface area contributed by atoms with Crippen molar-refractivity contribution in [2.24, 2.45) is 0 Å². The van der Waals surface area contributed by atoms with E-state index in [0.29, 0.717) is 43.6 Å². The Bertz CT molecular complexity index is 515. The summed E-state index contributed by atoms with van der Waals surface area (Å²) in [4.78, 5) is 31.2. The summed E-state index contributed by atoms with van der Waals surface area (Å²) in [5.41, 5.74) is 0. The number of rotatable bonds is 4. The number of ether oxygens (including phenoxy) is 1. The molecule has 2 amide bonds. The van der Waals surface area contributed by atoms with E-state index in [1.165, 1.54) is 6.20 Å². The Morgan fingerprint density at radius 2 is 2.05 bits per heavy atom. The van der Waals surface area contributed by atoms with E-state index in [0.717, 1.165) is 0 Å². The number of piperazine rings is 1. The van der Waals surface area contributed by atoms with Crippen molar-refractivity contribution in [2.75, 3.05) is 44.6 Å². The van der Waals surface area contributed by atoms with Crippen molar-refractivity contribution >= 4 is 29.4 Å². The van der Waals surface area contributed by atoms with Gasteiger partial charge in [0.2, 0.25) is 5.91 Å². The van der Waals surface area contributed by atoms with E-state index in [2.05, 4.69) is 10.3 Å². The molecule has 1 aromatic heterocycles. The van der Waals surface area contributed by atoms with Gasteiger partial charge in [0.25, 0.3) is 0 Å². The Morgan fingerprint density at radius 1 is 1.32 bits per heavy atom. The first kappa shape index (κ1) is 16.5. The van der Waals surface area contributed by atoms with Crippen LogP contribution in [0.1, 0.15) is 6.92 Å². The summed E-state index contributed by atoms with van der Waals surface area (Å²) in [6.07, 6.45) is 1.19. The predicted molar refractivity (Wildman–Crippen MR) is 82.9 cm³/mol. The van der Waals surface area contributed by atoms with Crippen LogP contribution < -0.4 is 5.32 Å². The third-order valence-corrected chi connectivity index (χ3v) is 3.48. The molecule has 0 bridgehead atoms. The van der Waals surface area contributed by atoms with Crippen LogP contribution in [0.4, 0.5) is 10.6 Å². The molecular formula is C14H19ClN4O3. The molecule has 0 saturated carbocycles. The lowest BCUT2D eigenvalue weighted by Crippen LogP contribution is -2.50. The van der Waals surface area contributed by atoms with Crippen LogP contribution in [0.15, 0.2) is 18.3 Å². The minimum Gasteiger partial charge on any atom is -0.450 e. The lowest BCUT2D eigenvalue weighted by atomic mass is 10.3. The maximum atomic E-state index is 12.0. The highest BCUT2D eigenvalue weighted by atomic mass is 35.5. The topological polar surface area (TPSA) is 74.8 Å². The van der Waals surface area contributed by atoms with E-state index in [1.54, 1.807) is 24.0 Å². The molecule has 1 saturated heterocycles. The van der Waals surface area contributed by atoms with Gasteiger partial charge in [-0.05, 0) is 19.1 Å². The average Bonchev–Trinajstić information content (AvgIpc) is 2.50. The zero-order valence-electron chi connectivity index (χ0n) is 12.4. The molecule has 1 aliphatic heterocycles. The second-order valence-corrected chi connectivity index (χ2v) is 5.31. The first-order chi connectivity index (χ1) is 10.6. The Labute approximate surface area is 134 Å². The summed E-state index contributed by atoms with van der Waals surface area (Å²) in [7, 11) is 0. The lowest BCUT2D eigenvalue weighted by Gasteiger charge is -2.33. The fourth-order valence-electron chi connectivity index (χ4n) is 2.14. The largest absolute Gasteiger partial charge is 0.450 e. The SMILES string of the molecule is CCOC(=O)N1CCN(CC(=O)Nc2ccc(Cl)cn2)CC1. The number of nitrogens with one attached hydrogen (secondary N) is 1. The first-order valence-electron chi connectivity index (χ1n) is 7.14. The van der Waals surface area contributed by atoms with Crippen LogP contribution in [0, 0.1) is 0 Å². The van der Waals surface area contributed by atoms with Gasteiger partial charge in [-0.25, -0.2) is 9.78 Å². The minimum atomic E-state index is -0.294. The van der Waals surface area contributed by atoms with Crippen LogP contribution >= 0.6 is 11.6 Å². The van der Waals surface area contributed by atoms with Crippen LogP contribution in [-0.4, -0.2) is 66.1 Å². The number of halogens is 1. The molecule has 0 aliphatic carbocycles. The molecule has 0 aromatic carbocycles. The molecule has 2 rings (SSSR count). The van der Waals surface area contributed by atoms with Crippen LogP contribution in [0.3, 0.4) is 0 Å². The van der Waals surface area contributed by atoms with Gasteiger partial charge < -0.3 is 15.0 Å². The number of hydrogen-bond donors (Lipinski definition) is 1. The molecule has 8 heteroatoms. The van der Waals surface area contributed by atoms with Crippen molar-refractivity contribution in [3.8, 4) is 0 Å². The van der Waals surface area contributed by atoms with Crippen molar-refractivity contribution in [3.63, 3.8) is 0 Å². The zero-order valence-corrected chi connectivity index (χ0v) is 13.2. The van der Waals surface area contributed by atoms with E-state index in [-0.39, 0.29) is 18.5 Å². The smallest absolute Gasteiger partial charge is 0.409 e. The number of carbonyl (C=O) groups excluding carboxylic acids is 2. The summed E-state index contributed by atoms with van der Waals surface area (Å²) < 4.78 is 4.96. The van der Waals surface area contributed by atoms with Gasteiger partial charge in [-0.1, -0.05) is 11.6 Å². The normalized spacial score (nSPS) is 15.5. The highest BCUT2D eigenvalue weighted by molar-refractivity contribution is 6.30. The van der Waals surface area contributed by atoms with Crippen molar-refractivity contribution in [3.05, 3.63) is 23.4 Å². The summed E-state index contributed by atoms with van der Waals surface area (Å²) in [6, 6.07) is 3.32. The van der Waals surface area contributed by atoms with Gasteiger partial charge in [0.1, 0.15) is 5.82 Å². The number of hydrogen-bond acceptors (Lipinski definition) is 5. The standard InChI is InChI=1S/C14H19ClN4O3/c1-2-22-14(21)19-7-5-18(6-8-19)10-13(20)17-12-4-3-11(15)9-16-12/h3-4,9H,2,5-8,10H2,1H3,(H,16,17,20). The van der Waals surface area contributed by atoms with Gasteiger partial charge >= 0.3 is 6.09 Å². The first-order valence-corrected chi connectivity index (χ1v) is 7.51. The van der Waals surface area contributed by atoms with Crippen LogP contribution in [0.5, 0.6) is 0 Å². The van der Waals surface area contributed by atoms with Crippen LogP contribution in [0.2, 0.25) is 5.02 Å². The Kier molecular flexibility index (Phi) is 5.97. The summed E-state index contributed by atoms with van der Waals surface area (Å²) >= 11 is 5.74. The van der Waals surface area contributed by atoms with Crippen LogP contribution in [-0.2, 0) is 9.53 Å². The molecule has 7 nitrogen and oxygen atoms in total. The molecule has 22 heavy (non-hydrogen) atoms. The van der Waals surface area contributed by atoms with Crippen molar-refractivity contribution in [1.82, 2.24) is 14.8 Å². The molecule has 0 atom stereocenters. The Morgan fingerprint density at radius 3 is 2.64 bits per heavy atom. The molecule has 1 N–H and O–H groups in total. The average molecular weight is 327 g/mol. The van der Waals surface area contributed by atoms with E-state index in [1.807, 2.05) is 4.90 Å². The van der Waals surface area contributed by atoms with Gasteiger partial charge in [0.15, 0.2) is 0 Å². The van der Waals surface area contributed by atoms with Crippen molar-refractivity contribution in [1.29, 1.82) is 0 Å². The summed E-state index contributed by atoms with van der Waals surface area (Å²) in [5.74, 6) is 0.332. The van der Waals surface area contributed by atoms with E-state index >= 15 is 0 Å². The lowest BCUT2D eigenvalue weighted by molar-refractivity contribution is -0.117. The van der Waals surface area contributed by atoms with E-state index in [4.69, 9.17) is 16.3 Å². The van der Waals surface area contributed by atoms with Gasteiger partial charge in [-0.2, -0.15) is 0 Å². The molecule has 1 aromatic rings. The zero-order chi connectivity index (χ0) is 15.9. The van der Waals surface area contributed by atoms with Crippen LogP contribution in [0.25, 0.3) is 0 Å². The fraction of sp³-hybridized carbons (Fsp3) is 0.500. The number of pyridine rings is 1. The summed E-state index contributed by atoms with van der Waals surface area (Å²) in [6.45, 7) is 4.82. The van der Waals surface area contributed by atoms with Gasteiger partial charge in [-0.15, -0.1) is 0 Å². The number of anilines is 1. The Hall–Kier alpha value is -1.86. The second kappa shape index (κ2) is 7.95. The fourth-order valence-corrected chi connectivity index (χ4v) is 2.25. The highest BCUT2D eigenvalue weighted by Crippen LogP contribution is 2.10. The molecule has 2 heterocycles. The van der Waals surface area contributed by atoms with Gasteiger partial charge in [0.05, 0.1) is 18.2 Å². The summed E-state index contributed by atoms with van der Waals surface area (Å²) in [5, 5.41) is 3.24. The second-order valence-electron chi connectivity index (χ2n) is 4.87. The van der Waals surface area contributed by atoms with Crippen molar-refractivity contribution in [2.45, 2.75) is 6.92 Å².